The summed E-state index contributed by atoms with van der Waals surface area (Å²) in [5.74, 6) is 0. The summed E-state index contributed by atoms with van der Waals surface area (Å²) in [5, 5.41) is 7.97. The molecule has 0 aromatic carbocycles. The molecule has 0 saturated heterocycles. The van der Waals surface area contributed by atoms with Gasteiger partial charge in [0.15, 0.2) is 0 Å². The van der Waals surface area contributed by atoms with Gasteiger partial charge in [-0.25, -0.2) is 0 Å². The third-order valence-corrected chi connectivity index (χ3v) is 3.22. The monoisotopic (exact) mass is 211 g/mol. The summed E-state index contributed by atoms with van der Waals surface area (Å²) >= 11 is 1.80. The Balaban J connectivity index is 2.25. The van der Waals surface area contributed by atoms with E-state index in [-0.39, 0.29) is 0 Å². The van der Waals surface area contributed by atoms with Gasteiger partial charge in [0, 0.05) is 6.04 Å². The molecule has 0 radical (unpaired) electrons. The lowest BCUT2D eigenvalue weighted by Crippen LogP contribution is -2.29. The summed E-state index contributed by atoms with van der Waals surface area (Å²) in [7, 11) is 0. The Morgan fingerprint density at radius 2 is 2.21 bits per heavy atom. The zero-order chi connectivity index (χ0) is 10.2. The molecule has 1 atom stereocenters. The summed E-state index contributed by atoms with van der Waals surface area (Å²) in [6.45, 7) is 5.54. The van der Waals surface area contributed by atoms with Crippen LogP contribution in [-0.4, -0.2) is 12.6 Å². The molecule has 0 aliphatic carbocycles. The van der Waals surface area contributed by atoms with E-state index < -0.39 is 0 Å². The second-order valence-corrected chi connectivity index (χ2v) is 4.49. The first kappa shape index (κ1) is 11.7. The molecule has 1 heterocycles. The molecule has 0 aliphatic heterocycles. The number of hydrogen-bond acceptors (Lipinski definition) is 2. The third-order valence-electron chi connectivity index (χ3n) is 2.49. The molecule has 0 amide bonds. The summed E-state index contributed by atoms with van der Waals surface area (Å²) < 4.78 is 0. The summed E-state index contributed by atoms with van der Waals surface area (Å²) in [6.07, 6.45) is 5.08. The fourth-order valence-electron chi connectivity index (χ4n) is 1.76. The van der Waals surface area contributed by atoms with Crippen molar-refractivity contribution in [3.63, 3.8) is 0 Å². The first-order valence-corrected chi connectivity index (χ1v) is 6.55. The normalized spacial score (nSPS) is 13.0. The molecule has 1 rings (SSSR count). The van der Waals surface area contributed by atoms with Crippen molar-refractivity contribution in [1.29, 1.82) is 0 Å². The van der Waals surface area contributed by atoms with Crippen LogP contribution in [0.1, 0.15) is 38.7 Å². The molecule has 80 valence electrons. The highest BCUT2D eigenvalue weighted by Crippen LogP contribution is 2.11. The molecule has 0 fully saturated rings. The first-order chi connectivity index (χ1) is 6.86. The first-order valence-electron chi connectivity index (χ1n) is 5.61. The maximum absolute atomic E-state index is 3.55. The molecule has 1 aromatic heterocycles. The van der Waals surface area contributed by atoms with Crippen LogP contribution in [0.3, 0.4) is 0 Å². The van der Waals surface area contributed by atoms with Crippen molar-refractivity contribution < 1.29 is 0 Å². The van der Waals surface area contributed by atoms with E-state index in [0.717, 1.165) is 6.54 Å². The average molecular weight is 211 g/mol. The van der Waals surface area contributed by atoms with Gasteiger partial charge in [-0.2, -0.15) is 11.3 Å². The quantitative estimate of drug-likeness (QED) is 0.728. The largest absolute Gasteiger partial charge is 0.314 e. The Hall–Kier alpha value is -0.340. The second kappa shape index (κ2) is 7.02. The predicted molar refractivity (Wildman–Crippen MR) is 65.0 cm³/mol. The van der Waals surface area contributed by atoms with Crippen molar-refractivity contribution in [1.82, 2.24) is 5.32 Å². The molecular formula is C12H21NS. The van der Waals surface area contributed by atoms with Crippen LogP contribution in [0.5, 0.6) is 0 Å². The molecule has 2 heteroatoms. The van der Waals surface area contributed by atoms with Crippen molar-refractivity contribution >= 4 is 11.3 Å². The number of aryl methyl sites for hydroxylation is 1. The molecule has 1 N–H and O–H groups in total. The fourth-order valence-corrected chi connectivity index (χ4v) is 2.46. The van der Waals surface area contributed by atoms with E-state index >= 15 is 0 Å². The highest BCUT2D eigenvalue weighted by molar-refractivity contribution is 7.07. The van der Waals surface area contributed by atoms with E-state index in [4.69, 9.17) is 0 Å². The standard InChI is InChI=1S/C12H21NS/c1-3-5-12(13-4-2)7-6-11-8-9-14-10-11/h8-10,12-13H,3-7H2,1-2H3. The summed E-state index contributed by atoms with van der Waals surface area (Å²) in [5.41, 5.74) is 1.49. The average Bonchev–Trinajstić information content (AvgIpc) is 2.67. The van der Waals surface area contributed by atoms with Gasteiger partial charge in [0.25, 0.3) is 0 Å². The van der Waals surface area contributed by atoms with Gasteiger partial charge < -0.3 is 5.32 Å². The smallest absolute Gasteiger partial charge is 0.00700 e. The maximum atomic E-state index is 3.55. The molecular weight excluding hydrogens is 190 g/mol. The van der Waals surface area contributed by atoms with Crippen LogP contribution in [0.4, 0.5) is 0 Å². The molecule has 0 saturated carbocycles. The fraction of sp³-hybridized carbons (Fsp3) is 0.667. The number of thiophene rings is 1. The van der Waals surface area contributed by atoms with Crippen LogP contribution < -0.4 is 5.32 Å². The zero-order valence-corrected chi connectivity index (χ0v) is 10.1. The van der Waals surface area contributed by atoms with Gasteiger partial charge in [0.2, 0.25) is 0 Å². The van der Waals surface area contributed by atoms with Crippen LogP contribution in [0.2, 0.25) is 0 Å². The zero-order valence-electron chi connectivity index (χ0n) is 9.25. The lowest BCUT2D eigenvalue weighted by molar-refractivity contribution is 0.460. The number of rotatable bonds is 7. The topological polar surface area (TPSA) is 12.0 Å². The van der Waals surface area contributed by atoms with Gasteiger partial charge >= 0.3 is 0 Å². The van der Waals surface area contributed by atoms with Crippen molar-refractivity contribution in [2.24, 2.45) is 0 Å². The highest BCUT2D eigenvalue weighted by atomic mass is 32.1. The Labute approximate surface area is 91.5 Å². The predicted octanol–water partition coefficient (Wildman–Crippen LogP) is 3.46. The molecule has 0 aliphatic rings. The minimum absolute atomic E-state index is 0.713. The van der Waals surface area contributed by atoms with Crippen LogP contribution in [-0.2, 0) is 6.42 Å². The Kier molecular flexibility index (Phi) is 5.88. The lowest BCUT2D eigenvalue weighted by Gasteiger charge is -2.16. The van der Waals surface area contributed by atoms with Gasteiger partial charge in [-0.1, -0.05) is 20.3 Å². The van der Waals surface area contributed by atoms with Crippen LogP contribution in [0, 0.1) is 0 Å². The lowest BCUT2D eigenvalue weighted by atomic mass is 10.0. The van der Waals surface area contributed by atoms with Crippen molar-refractivity contribution in [2.45, 2.75) is 45.6 Å². The molecule has 0 spiro atoms. The summed E-state index contributed by atoms with van der Waals surface area (Å²) in [6, 6.07) is 2.95. The highest BCUT2D eigenvalue weighted by Gasteiger charge is 2.05. The van der Waals surface area contributed by atoms with E-state index in [2.05, 4.69) is 36.0 Å². The van der Waals surface area contributed by atoms with E-state index in [9.17, 15) is 0 Å². The minimum atomic E-state index is 0.713. The molecule has 1 unspecified atom stereocenters. The van der Waals surface area contributed by atoms with Gasteiger partial charge in [0.1, 0.15) is 0 Å². The van der Waals surface area contributed by atoms with Crippen LogP contribution >= 0.6 is 11.3 Å². The molecule has 0 bridgehead atoms. The third kappa shape index (κ3) is 4.25. The molecule has 1 nitrogen and oxygen atoms in total. The van der Waals surface area contributed by atoms with Crippen molar-refractivity contribution in [2.75, 3.05) is 6.54 Å². The van der Waals surface area contributed by atoms with E-state index in [1.165, 1.54) is 31.2 Å². The van der Waals surface area contributed by atoms with Crippen molar-refractivity contribution in [3.8, 4) is 0 Å². The molecule has 14 heavy (non-hydrogen) atoms. The maximum Gasteiger partial charge on any atom is 0.00700 e. The SMILES string of the molecule is CCCC(CCc1ccsc1)NCC. The van der Waals surface area contributed by atoms with Gasteiger partial charge in [0.05, 0.1) is 0 Å². The minimum Gasteiger partial charge on any atom is -0.314 e. The van der Waals surface area contributed by atoms with Gasteiger partial charge in [-0.15, -0.1) is 0 Å². The van der Waals surface area contributed by atoms with Gasteiger partial charge in [-0.05, 0) is 48.2 Å². The van der Waals surface area contributed by atoms with Gasteiger partial charge in [-0.3, -0.25) is 0 Å². The van der Waals surface area contributed by atoms with E-state index in [1.807, 2.05) is 0 Å². The Morgan fingerprint density at radius 3 is 2.79 bits per heavy atom. The van der Waals surface area contributed by atoms with E-state index in [0.29, 0.717) is 6.04 Å². The van der Waals surface area contributed by atoms with E-state index in [1.54, 1.807) is 11.3 Å². The van der Waals surface area contributed by atoms with Crippen LogP contribution in [0.15, 0.2) is 16.8 Å². The second-order valence-electron chi connectivity index (χ2n) is 3.71. The van der Waals surface area contributed by atoms with Crippen LogP contribution in [0.25, 0.3) is 0 Å². The number of nitrogens with one attached hydrogen (secondary N) is 1. The van der Waals surface area contributed by atoms with Crippen molar-refractivity contribution in [3.05, 3.63) is 22.4 Å². The molecule has 1 aromatic rings. The number of hydrogen-bond donors (Lipinski definition) is 1. The Morgan fingerprint density at radius 1 is 1.36 bits per heavy atom. The summed E-state index contributed by atoms with van der Waals surface area (Å²) in [4.78, 5) is 0. The Bertz CT molecular complexity index is 212.